The number of carbonyl (C=O) groups is 1. The predicted molar refractivity (Wildman–Crippen MR) is 82.2 cm³/mol. The maximum Gasteiger partial charge on any atom is 0.363 e. The lowest BCUT2D eigenvalue weighted by molar-refractivity contribution is -0.129. The smallest absolute Gasteiger partial charge is 0.363 e. The normalized spacial score (nSPS) is 24.7. The molecule has 2 heterocycles. The van der Waals surface area contributed by atoms with Gasteiger partial charge in [0, 0.05) is 12.0 Å². The summed E-state index contributed by atoms with van der Waals surface area (Å²) < 4.78 is 24.5. The molecule has 2 aromatic rings. The van der Waals surface area contributed by atoms with E-state index in [-0.39, 0.29) is 17.2 Å². The summed E-state index contributed by atoms with van der Waals surface area (Å²) in [7, 11) is 0. The van der Waals surface area contributed by atoms with Crippen LogP contribution in [0.3, 0.4) is 0 Å². The van der Waals surface area contributed by atoms with Gasteiger partial charge in [0.25, 0.3) is 0 Å². The summed E-state index contributed by atoms with van der Waals surface area (Å²) in [6, 6.07) is 9.76. The van der Waals surface area contributed by atoms with Crippen molar-refractivity contribution in [3.8, 4) is 0 Å². The van der Waals surface area contributed by atoms with E-state index in [0.29, 0.717) is 17.6 Å². The molecule has 1 aliphatic carbocycles. The fraction of sp³-hybridized carbons (Fsp3) is 0.222. The van der Waals surface area contributed by atoms with Crippen molar-refractivity contribution in [2.45, 2.75) is 19.3 Å². The van der Waals surface area contributed by atoms with Crippen molar-refractivity contribution in [2.24, 2.45) is 10.9 Å². The van der Waals surface area contributed by atoms with E-state index >= 15 is 0 Å². The Morgan fingerprint density at radius 1 is 1.26 bits per heavy atom. The van der Waals surface area contributed by atoms with Crippen molar-refractivity contribution < 1.29 is 18.3 Å². The van der Waals surface area contributed by atoms with Crippen LogP contribution < -0.4 is 0 Å². The van der Waals surface area contributed by atoms with Crippen LogP contribution in [0.25, 0.3) is 6.08 Å². The van der Waals surface area contributed by atoms with Crippen LogP contribution in [-0.2, 0) is 9.53 Å². The second-order valence-electron chi connectivity index (χ2n) is 5.88. The number of hydrogen-bond acceptors (Lipinski definition) is 4. The minimum Gasteiger partial charge on any atom is -0.461 e. The number of nitrogens with zero attached hydrogens (tertiary/aromatic N) is 1. The van der Waals surface area contributed by atoms with E-state index in [2.05, 4.69) is 11.9 Å². The van der Waals surface area contributed by atoms with Crippen molar-refractivity contribution in [1.82, 2.24) is 0 Å². The predicted octanol–water partition coefficient (Wildman–Crippen LogP) is 3.89. The van der Waals surface area contributed by atoms with Gasteiger partial charge in [-0.3, -0.25) is 0 Å². The lowest BCUT2D eigenvalue weighted by atomic mass is 10.2. The zero-order valence-corrected chi connectivity index (χ0v) is 12.5. The summed E-state index contributed by atoms with van der Waals surface area (Å²) in [5.41, 5.74) is 0.268. The molecule has 1 aromatic carbocycles. The van der Waals surface area contributed by atoms with Crippen molar-refractivity contribution in [2.75, 3.05) is 0 Å². The third-order valence-corrected chi connectivity index (χ3v) is 4.13. The number of furan rings is 1. The van der Waals surface area contributed by atoms with Crippen LogP contribution in [0.4, 0.5) is 4.39 Å². The molecule has 1 saturated carbocycles. The van der Waals surface area contributed by atoms with E-state index < -0.39 is 11.8 Å². The SMILES string of the molecule is C[C@@H]1C[C@H]1c1ccc(/C=C2\N=C(c3ccccc3F)OC2=O)o1. The number of ether oxygens (including phenoxy) is 1. The first-order valence-electron chi connectivity index (χ1n) is 7.49. The number of carbonyl (C=O) groups excluding carboxylic acids is 1. The molecule has 5 heteroatoms. The highest BCUT2D eigenvalue weighted by Crippen LogP contribution is 2.47. The summed E-state index contributed by atoms with van der Waals surface area (Å²) in [6.07, 6.45) is 2.65. The molecule has 2 aliphatic rings. The Morgan fingerprint density at radius 3 is 2.78 bits per heavy atom. The molecule has 0 N–H and O–H groups in total. The number of benzene rings is 1. The van der Waals surface area contributed by atoms with Crippen LogP contribution in [0.1, 0.15) is 36.3 Å². The summed E-state index contributed by atoms with van der Waals surface area (Å²) >= 11 is 0. The molecule has 116 valence electrons. The molecule has 0 radical (unpaired) electrons. The molecule has 0 saturated heterocycles. The van der Waals surface area contributed by atoms with Crippen LogP contribution >= 0.6 is 0 Å². The lowest BCUT2D eigenvalue weighted by Crippen LogP contribution is -2.07. The van der Waals surface area contributed by atoms with Crippen LogP contribution in [-0.4, -0.2) is 11.9 Å². The summed E-state index contributed by atoms with van der Waals surface area (Å²) in [5.74, 6) is 1.46. The molecule has 0 spiro atoms. The number of aliphatic imine (C=N–C) groups is 1. The first kappa shape index (κ1) is 13.9. The van der Waals surface area contributed by atoms with Crippen molar-refractivity contribution in [3.05, 3.63) is 65.0 Å². The molecule has 23 heavy (non-hydrogen) atoms. The standard InChI is InChI=1S/C18H14FNO3/c1-10-8-13(10)16-7-6-11(22-16)9-15-18(21)23-17(20-15)12-4-2-3-5-14(12)19/h2-7,9-10,13H,8H2,1H3/b15-9-/t10-,13-/m1/s1. The van der Waals surface area contributed by atoms with Crippen molar-refractivity contribution >= 4 is 17.9 Å². The highest BCUT2D eigenvalue weighted by Gasteiger charge is 2.36. The van der Waals surface area contributed by atoms with Gasteiger partial charge in [-0.2, -0.15) is 0 Å². The number of hydrogen-bond donors (Lipinski definition) is 0. The molecule has 0 amide bonds. The lowest BCUT2D eigenvalue weighted by Gasteiger charge is -1.99. The number of halogens is 1. The molecule has 4 rings (SSSR count). The molecule has 2 atom stereocenters. The highest BCUT2D eigenvalue weighted by molar-refractivity contribution is 6.12. The zero-order valence-electron chi connectivity index (χ0n) is 12.5. The molecule has 4 nitrogen and oxygen atoms in total. The van der Waals surface area contributed by atoms with Crippen LogP contribution in [0.15, 0.2) is 51.5 Å². The second-order valence-corrected chi connectivity index (χ2v) is 5.88. The van der Waals surface area contributed by atoms with Gasteiger partial charge in [-0.25, -0.2) is 14.2 Å². The maximum atomic E-state index is 13.7. The third kappa shape index (κ3) is 2.59. The van der Waals surface area contributed by atoms with Gasteiger partial charge in [-0.15, -0.1) is 0 Å². The van der Waals surface area contributed by atoms with E-state index in [4.69, 9.17) is 9.15 Å². The van der Waals surface area contributed by atoms with Crippen LogP contribution in [0.2, 0.25) is 0 Å². The Morgan fingerprint density at radius 2 is 2.04 bits per heavy atom. The van der Waals surface area contributed by atoms with Crippen molar-refractivity contribution in [1.29, 1.82) is 0 Å². The second kappa shape index (κ2) is 5.19. The van der Waals surface area contributed by atoms with E-state index in [1.54, 1.807) is 18.2 Å². The molecule has 1 fully saturated rings. The third-order valence-electron chi connectivity index (χ3n) is 4.13. The summed E-state index contributed by atoms with van der Waals surface area (Å²) in [5, 5.41) is 0. The monoisotopic (exact) mass is 311 g/mol. The van der Waals surface area contributed by atoms with Gasteiger partial charge >= 0.3 is 5.97 Å². The molecule has 0 bridgehead atoms. The molecule has 0 unspecified atom stereocenters. The number of esters is 1. The van der Waals surface area contributed by atoms with Gasteiger partial charge in [-0.05, 0) is 36.6 Å². The Balaban J connectivity index is 1.62. The van der Waals surface area contributed by atoms with Gasteiger partial charge in [-0.1, -0.05) is 19.1 Å². The number of rotatable bonds is 3. The Hall–Kier alpha value is -2.69. The highest BCUT2D eigenvalue weighted by atomic mass is 19.1. The molecular formula is C18H14FNO3. The summed E-state index contributed by atoms with van der Waals surface area (Å²) in [6.45, 7) is 2.17. The average Bonchev–Trinajstić information content (AvgIpc) is 2.94. The largest absolute Gasteiger partial charge is 0.461 e. The van der Waals surface area contributed by atoms with E-state index in [0.717, 1.165) is 12.2 Å². The van der Waals surface area contributed by atoms with Crippen LogP contribution in [0.5, 0.6) is 0 Å². The average molecular weight is 311 g/mol. The van der Waals surface area contributed by atoms with E-state index in [9.17, 15) is 9.18 Å². The Labute approximate surface area is 132 Å². The van der Waals surface area contributed by atoms with E-state index in [1.807, 2.05) is 6.07 Å². The van der Waals surface area contributed by atoms with Crippen LogP contribution in [0, 0.1) is 11.7 Å². The van der Waals surface area contributed by atoms with Gasteiger partial charge in [0.1, 0.15) is 17.3 Å². The summed E-state index contributed by atoms with van der Waals surface area (Å²) in [4.78, 5) is 16.0. The van der Waals surface area contributed by atoms with Crippen molar-refractivity contribution in [3.63, 3.8) is 0 Å². The maximum absolute atomic E-state index is 13.7. The Bertz CT molecular complexity index is 849. The Kier molecular flexibility index (Phi) is 3.15. The fourth-order valence-corrected chi connectivity index (χ4v) is 2.66. The van der Waals surface area contributed by atoms with Gasteiger partial charge in [0.05, 0.1) is 5.56 Å². The fourth-order valence-electron chi connectivity index (χ4n) is 2.66. The van der Waals surface area contributed by atoms with Gasteiger partial charge in [0.15, 0.2) is 5.70 Å². The minimum atomic E-state index is -0.610. The van der Waals surface area contributed by atoms with E-state index in [1.165, 1.54) is 18.2 Å². The molecule has 1 aliphatic heterocycles. The molecule has 1 aromatic heterocycles. The topological polar surface area (TPSA) is 51.8 Å². The first-order chi connectivity index (χ1) is 11.1. The minimum absolute atomic E-state index is 0.0260. The first-order valence-corrected chi connectivity index (χ1v) is 7.49. The molecular weight excluding hydrogens is 297 g/mol. The zero-order chi connectivity index (χ0) is 16.0. The quantitative estimate of drug-likeness (QED) is 0.638. The number of cyclic esters (lactones) is 1. The van der Waals surface area contributed by atoms with Gasteiger partial charge in [0.2, 0.25) is 5.90 Å². The van der Waals surface area contributed by atoms with Gasteiger partial charge < -0.3 is 9.15 Å².